The zero-order chi connectivity index (χ0) is 12.2. The lowest BCUT2D eigenvalue weighted by molar-refractivity contribution is -0.137. The molecule has 0 fully saturated rings. The van der Waals surface area contributed by atoms with Gasteiger partial charge < -0.3 is 10.4 Å². The molecule has 0 bridgehead atoms. The third kappa shape index (κ3) is 9.97. The number of carboxylic acids is 1. The zero-order valence-electron chi connectivity index (χ0n) is 10.8. The van der Waals surface area contributed by atoms with E-state index in [2.05, 4.69) is 19.2 Å². The maximum Gasteiger partial charge on any atom is 0.303 e. The molecule has 0 aliphatic heterocycles. The number of unbranched alkanes of at least 4 members (excludes halogenated alkanes) is 2. The van der Waals surface area contributed by atoms with Gasteiger partial charge in [0.1, 0.15) is 0 Å². The van der Waals surface area contributed by atoms with Crippen LogP contribution in [-0.4, -0.2) is 23.7 Å². The molecule has 0 saturated carbocycles. The third-order valence-electron chi connectivity index (χ3n) is 2.79. The summed E-state index contributed by atoms with van der Waals surface area (Å²) in [7, 11) is 0. The minimum Gasteiger partial charge on any atom is -0.481 e. The molecule has 0 aliphatic carbocycles. The summed E-state index contributed by atoms with van der Waals surface area (Å²) in [5.74, 6) is -0.684. The molecule has 0 saturated heterocycles. The Morgan fingerprint density at radius 2 is 1.88 bits per heavy atom. The van der Waals surface area contributed by atoms with Crippen LogP contribution in [0.25, 0.3) is 0 Å². The number of carboxylic acid groups (broad SMARTS) is 1. The topological polar surface area (TPSA) is 49.3 Å². The number of carbonyl (C=O) groups is 1. The van der Waals surface area contributed by atoms with Crippen LogP contribution in [0.5, 0.6) is 0 Å². The summed E-state index contributed by atoms with van der Waals surface area (Å²) in [6.07, 6.45) is 8.30. The van der Waals surface area contributed by atoms with Crippen LogP contribution in [0.4, 0.5) is 0 Å². The molecule has 0 aromatic rings. The fourth-order valence-electron chi connectivity index (χ4n) is 1.85. The van der Waals surface area contributed by atoms with Crippen molar-refractivity contribution >= 4 is 5.97 Å². The van der Waals surface area contributed by atoms with Crippen LogP contribution in [0.15, 0.2) is 0 Å². The van der Waals surface area contributed by atoms with Crippen molar-refractivity contribution in [1.82, 2.24) is 5.32 Å². The number of aliphatic carboxylic acids is 1. The van der Waals surface area contributed by atoms with E-state index in [1.54, 1.807) is 0 Å². The highest BCUT2D eigenvalue weighted by Gasteiger charge is 2.05. The van der Waals surface area contributed by atoms with Crippen LogP contribution in [0.2, 0.25) is 0 Å². The van der Waals surface area contributed by atoms with E-state index in [1.807, 2.05) is 0 Å². The summed E-state index contributed by atoms with van der Waals surface area (Å²) in [4.78, 5) is 10.3. The summed E-state index contributed by atoms with van der Waals surface area (Å²) < 4.78 is 0. The molecule has 0 spiro atoms. The normalized spacial score (nSPS) is 12.6. The highest BCUT2D eigenvalue weighted by Crippen LogP contribution is 2.07. The van der Waals surface area contributed by atoms with Crippen LogP contribution in [0, 0.1) is 0 Å². The lowest BCUT2D eigenvalue weighted by atomic mass is 10.0. The Bertz CT molecular complexity index is 171. The molecular formula is C13H27NO2. The monoisotopic (exact) mass is 229 g/mol. The van der Waals surface area contributed by atoms with Crippen LogP contribution in [0.3, 0.4) is 0 Å². The number of hydrogen-bond acceptors (Lipinski definition) is 2. The fourth-order valence-corrected chi connectivity index (χ4v) is 1.85. The third-order valence-corrected chi connectivity index (χ3v) is 2.79. The van der Waals surface area contributed by atoms with E-state index in [4.69, 9.17) is 5.11 Å². The van der Waals surface area contributed by atoms with Gasteiger partial charge in [-0.05, 0) is 32.2 Å². The average Bonchev–Trinajstić information content (AvgIpc) is 2.24. The SMILES string of the molecule is CCCCC(CCC)NCCCCC(=O)O. The standard InChI is InChI=1S/C13H27NO2/c1-3-5-9-12(8-4-2)14-11-7-6-10-13(15)16/h12,14H,3-11H2,1-2H3,(H,15,16). The predicted molar refractivity (Wildman–Crippen MR) is 67.7 cm³/mol. The van der Waals surface area contributed by atoms with Gasteiger partial charge >= 0.3 is 5.97 Å². The van der Waals surface area contributed by atoms with Gasteiger partial charge in [0.15, 0.2) is 0 Å². The number of hydrogen-bond donors (Lipinski definition) is 2. The molecule has 0 radical (unpaired) electrons. The Labute approximate surface area is 99.6 Å². The Hall–Kier alpha value is -0.570. The molecule has 0 aliphatic rings. The maximum atomic E-state index is 10.3. The maximum absolute atomic E-state index is 10.3. The van der Waals surface area contributed by atoms with Crippen LogP contribution in [-0.2, 0) is 4.79 Å². The van der Waals surface area contributed by atoms with Crippen molar-refractivity contribution in [3.63, 3.8) is 0 Å². The first kappa shape index (κ1) is 15.4. The van der Waals surface area contributed by atoms with E-state index in [0.717, 1.165) is 19.4 Å². The van der Waals surface area contributed by atoms with Crippen LogP contribution >= 0.6 is 0 Å². The van der Waals surface area contributed by atoms with Gasteiger partial charge in [-0.15, -0.1) is 0 Å². The molecule has 16 heavy (non-hydrogen) atoms. The first-order chi connectivity index (χ1) is 7.70. The largest absolute Gasteiger partial charge is 0.481 e. The second kappa shape index (κ2) is 10.9. The van der Waals surface area contributed by atoms with Crippen LogP contribution < -0.4 is 5.32 Å². The number of nitrogens with one attached hydrogen (secondary N) is 1. The molecular weight excluding hydrogens is 202 g/mol. The molecule has 0 rings (SSSR count). The van der Waals surface area contributed by atoms with Gasteiger partial charge in [-0.25, -0.2) is 0 Å². The average molecular weight is 229 g/mol. The van der Waals surface area contributed by atoms with Crippen LogP contribution in [0.1, 0.15) is 65.2 Å². The van der Waals surface area contributed by atoms with Gasteiger partial charge in [0.05, 0.1) is 0 Å². The van der Waals surface area contributed by atoms with Gasteiger partial charge in [-0.2, -0.15) is 0 Å². The van der Waals surface area contributed by atoms with E-state index in [-0.39, 0.29) is 0 Å². The molecule has 3 nitrogen and oxygen atoms in total. The smallest absolute Gasteiger partial charge is 0.303 e. The summed E-state index contributed by atoms with van der Waals surface area (Å²) in [6.45, 7) is 5.39. The van der Waals surface area contributed by atoms with Gasteiger partial charge in [-0.1, -0.05) is 33.1 Å². The van der Waals surface area contributed by atoms with E-state index >= 15 is 0 Å². The molecule has 96 valence electrons. The zero-order valence-corrected chi connectivity index (χ0v) is 10.8. The molecule has 0 heterocycles. The van der Waals surface area contributed by atoms with Crippen molar-refractivity contribution in [3.8, 4) is 0 Å². The summed E-state index contributed by atoms with van der Waals surface area (Å²) in [5.41, 5.74) is 0. The quantitative estimate of drug-likeness (QED) is 0.535. The van der Waals surface area contributed by atoms with E-state index < -0.39 is 5.97 Å². The lowest BCUT2D eigenvalue weighted by Crippen LogP contribution is -2.29. The fraction of sp³-hybridized carbons (Fsp3) is 0.923. The second-order valence-electron chi connectivity index (χ2n) is 4.43. The molecule has 0 aromatic carbocycles. The minimum atomic E-state index is -0.684. The Kier molecular flexibility index (Phi) is 10.5. The predicted octanol–water partition coefficient (Wildman–Crippen LogP) is 3.19. The van der Waals surface area contributed by atoms with Crippen molar-refractivity contribution < 1.29 is 9.90 Å². The van der Waals surface area contributed by atoms with Gasteiger partial charge in [-0.3, -0.25) is 4.79 Å². The Morgan fingerprint density at radius 1 is 1.12 bits per heavy atom. The molecule has 1 atom stereocenters. The minimum absolute atomic E-state index is 0.301. The van der Waals surface area contributed by atoms with Crippen molar-refractivity contribution in [3.05, 3.63) is 0 Å². The van der Waals surface area contributed by atoms with Crippen molar-refractivity contribution in [1.29, 1.82) is 0 Å². The van der Waals surface area contributed by atoms with Crippen molar-refractivity contribution in [2.75, 3.05) is 6.54 Å². The van der Waals surface area contributed by atoms with Gasteiger partial charge in [0.2, 0.25) is 0 Å². The van der Waals surface area contributed by atoms with E-state index in [0.29, 0.717) is 12.5 Å². The first-order valence-electron chi connectivity index (χ1n) is 6.65. The van der Waals surface area contributed by atoms with E-state index in [1.165, 1.54) is 32.1 Å². The molecule has 0 amide bonds. The highest BCUT2D eigenvalue weighted by molar-refractivity contribution is 5.66. The van der Waals surface area contributed by atoms with Gasteiger partial charge in [0, 0.05) is 12.5 Å². The Balaban J connectivity index is 3.47. The van der Waals surface area contributed by atoms with Crippen molar-refractivity contribution in [2.24, 2.45) is 0 Å². The molecule has 0 aromatic heterocycles. The molecule has 1 unspecified atom stereocenters. The summed E-state index contributed by atoms with van der Waals surface area (Å²) in [5, 5.41) is 12.0. The summed E-state index contributed by atoms with van der Waals surface area (Å²) in [6, 6.07) is 0.634. The summed E-state index contributed by atoms with van der Waals surface area (Å²) >= 11 is 0. The van der Waals surface area contributed by atoms with Crippen molar-refractivity contribution in [2.45, 2.75) is 71.3 Å². The van der Waals surface area contributed by atoms with E-state index in [9.17, 15) is 4.79 Å². The number of rotatable bonds is 11. The highest BCUT2D eigenvalue weighted by atomic mass is 16.4. The lowest BCUT2D eigenvalue weighted by Gasteiger charge is -2.17. The van der Waals surface area contributed by atoms with Gasteiger partial charge in [0.25, 0.3) is 0 Å². The first-order valence-corrected chi connectivity index (χ1v) is 6.65. The Morgan fingerprint density at radius 3 is 2.44 bits per heavy atom. The molecule has 3 heteroatoms. The molecule has 2 N–H and O–H groups in total. The second-order valence-corrected chi connectivity index (χ2v) is 4.43.